The number of rotatable bonds is 8. The molecule has 0 aliphatic rings. The second-order valence-electron chi connectivity index (χ2n) is 3.35. The van der Waals surface area contributed by atoms with Gasteiger partial charge in [0, 0.05) is 6.42 Å². The second kappa shape index (κ2) is 6.89. The van der Waals surface area contributed by atoms with E-state index in [1.165, 1.54) is 0 Å². The lowest BCUT2D eigenvalue weighted by molar-refractivity contribution is 0.219. The van der Waals surface area contributed by atoms with Crippen LogP contribution >= 0.6 is 7.60 Å². The summed E-state index contributed by atoms with van der Waals surface area (Å²) in [6.07, 6.45) is 3.58. The molecule has 4 nitrogen and oxygen atoms in total. The van der Waals surface area contributed by atoms with Crippen LogP contribution in [0.15, 0.2) is 22.8 Å². The molecule has 16 heavy (non-hydrogen) atoms. The van der Waals surface area contributed by atoms with E-state index in [-0.39, 0.29) is 0 Å². The second-order valence-corrected chi connectivity index (χ2v) is 5.54. The summed E-state index contributed by atoms with van der Waals surface area (Å²) in [5.74, 6) is 0.902. The van der Waals surface area contributed by atoms with Crippen molar-refractivity contribution in [3.05, 3.63) is 24.2 Å². The lowest BCUT2D eigenvalue weighted by Gasteiger charge is -2.16. The zero-order valence-corrected chi connectivity index (χ0v) is 10.7. The van der Waals surface area contributed by atoms with E-state index in [1.807, 2.05) is 26.0 Å². The van der Waals surface area contributed by atoms with Gasteiger partial charge in [0.2, 0.25) is 0 Å². The van der Waals surface area contributed by atoms with Crippen LogP contribution in [0.25, 0.3) is 0 Å². The van der Waals surface area contributed by atoms with E-state index in [2.05, 4.69) is 0 Å². The molecule has 0 amide bonds. The van der Waals surface area contributed by atoms with Crippen molar-refractivity contribution in [2.24, 2.45) is 0 Å². The molecular formula is C11H19O4P. The van der Waals surface area contributed by atoms with Gasteiger partial charge in [-0.2, -0.15) is 0 Å². The Kier molecular flexibility index (Phi) is 5.81. The number of hydrogen-bond acceptors (Lipinski definition) is 4. The van der Waals surface area contributed by atoms with Gasteiger partial charge in [-0.05, 0) is 32.4 Å². The summed E-state index contributed by atoms with van der Waals surface area (Å²) in [4.78, 5) is 0. The fourth-order valence-electron chi connectivity index (χ4n) is 1.46. The predicted octanol–water partition coefficient (Wildman–Crippen LogP) is 3.48. The third-order valence-electron chi connectivity index (χ3n) is 2.09. The highest BCUT2D eigenvalue weighted by Crippen LogP contribution is 2.48. The smallest absolute Gasteiger partial charge is 0.330 e. The summed E-state index contributed by atoms with van der Waals surface area (Å²) < 4.78 is 27.6. The minimum absolute atomic E-state index is 0.415. The van der Waals surface area contributed by atoms with Crippen LogP contribution in [-0.4, -0.2) is 19.4 Å². The van der Waals surface area contributed by atoms with Gasteiger partial charge in [0.05, 0.1) is 25.6 Å². The van der Waals surface area contributed by atoms with Crippen molar-refractivity contribution in [2.75, 3.05) is 19.4 Å². The molecule has 1 heterocycles. The molecule has 0 radical (unpaired) electrons. The molecule has 0 bridgehead atoms. The normalized spacial score (nSPS) is 11.9. The summed E-state index contributed by atoms with van der Waals surface area (Å²) >= 11 is 0. The van der Waals surface area contributed by atoms with Gasteiger partial charge in [-0.3, -0.25) is 4.57 Å². The molecule has 0 N–H and O–H groups in total. The molecule has 0 saturated carbocycles. The summed E-state index contributed by atoms with van der Waals surface area (Å²) in [6, 6.07) is 3.76. The highest BCUT2D eigenvalue weighted by atomic mass is 31.2. The van der Waals surface area contributed by atoms with Gasteiger partial charge in [-0.1, -0.05) is 0 Å². The molecule has 92 valence electrons. The van der Waals surface area contributed by atoms with Crippen molar-refractivity contribution in [1.29, 1.82) is 0 Å². The minimum Gasteiger partial charge on any atom is -0.469 e. The first-order valence-electron chi connectivity index (χ1n) is 5.60. The van der Waals surface area contributed by atoms with Gasteiger partial charge in [0.15, 0.2) is 0 Å². The van der Waals surface area contributed by atoms with Crippen molar-refractivity contribution >= 4 is 7.60 Å². The van der Waals surface area contributed by atoms with Crippen molar-refractivity contribution in [2.45, 2.75) is 26.7 Å². The van der Waals surface area contributed by atoms with Crippen molar-refractivity contribution < 1.29 is 18.0 Å². The van der Waals surface area contributed by atoms with Crippen LogP contribution < -0.4 is 0 Å². The van der Waals surface area contributed by atoms with Gasteiger partial charge in [-0.15, -0.1) is 0 Å². The Morgan fingerprint density at radius 1 is 1.31 bits per heavy atom. The lowest BCUT2D eigenvalue weighted by Crippen LogP contribution is -2.01. The molecule has 1 aromatic heterocycles. The van der Waals surface area contributed by atoms with Gasteiger partial charge >= 0.3 is 7.60 Å². The molecule has 1 rings (SSSR count). The van der Waals surface area contributed by atoms with Crippen LogP contribution in [0.1, 0.15) is 26.0 Å². The van der Waals surface area contributed by atoms with E-state index in [4.69, 9.17) is 13.5 Å². The number of hydrogen-bond donors (Lipinski definition) is 0. The van der Waals surface area contributed by atoms with Gasteiger partial charge in [0.1, 0.15) is 5.76 Å². The fourth-order valence-corrected chi connectivity index (χ4v) is 3.13. The molecular weight excluding hydrogens is 227 g/mol. The summed E-state index contributed by atoms with van der Waals surface area (Å²) in [5, 5.41) is 0. The molecule has 0 atom stereocenters. The third-order valence-corrected chi connectivity index (χ3v) is 4.25. The van der Waals surface area contributed by atoms with Gasteiger partial charge in [-0.25, -0.2) is 0 Å². The first-order valence-corrected chi connectivity index (χ1v) is 7.33. The highest BCUT2D eigenvalue weighted by Gasteiger charge is 2.22. The number of furan rings is 1. The van der Waals surface area contributed by atoms with E-state index >= 15 is 0 Å². The van der Waals surface area contributed by atoms with Crippen LogP contribution in [-0.2, 0) is 20.0 Å². The SMILES string of the molecule is CCOP(=O)(CCCc1ccco1)OCC. The first kappa shape index (κ1) is 13.5. The largest absolute Gasteiger partial charge is 0.469 e. The molecule has 5 heteroatoms. The molecule has 0 unspecified atom stereocenters. The van der Waals surface area contributed by atoms with Crippen LogP contribution in [0.5, 0.6) is 0 Å². The maximum Gasteiger partial charge on any atom is 0.330 e. The Labute approximate surface area is 96.5 Å². The first-order chi connectivity index (χ1) is 7.70. The topological polar surface area (TPSA) is 48.7 Å². The quantitative estimate of drug-likeness (QED) is 0.659. The van der Waals surface area contributed by atoms with Crippen LogP contribution in [0, 0.1) is 0 Å². The van der Waals surface area contributed by atoms with Crippen molar-refractivity contribution in [1.82, 2.24) is 0 Å². The van der Waals surface area contributed by atoms with Crippen molar-refractivity contribution in [3.63, 3.8) is 0 Å². The Morgan fingerprint density at radius 2 is 2.00 bits per heavy atom. The minimum atomic E-state index is -2.88. The molecule has 1 aromatic rings. The fraction of sp³-hybridized carbons (Fsp3) is 0.636. The number of aryl methyl sites for hydroxylation is 1. The van der Waals surface area contributed by atoms with Crippen LogP contribution in [0.2, 0.25) is 0 Å². The average molecular weight is 246 g/mol. The van der Waals surface area contributed by atoms with E-state index in [9.17, 15) is 4.57 Å². The van der Waals surface area contributed by atoms with Crippen molar-refractivity contribution in [3.8, 4) is 0 Å². The predicted molar refractivity (Wildman–Crippen MR) is 62.8 cm³/mol. The molecule has 0 aliphatic carbocycles. The lowest BCUT2D eigenvalue weighted by atomic mass is 10.3. The standard InChI is InChI=1S/C11H19O4P/c1-3-14-16(12,15-4-2)10-6-8-11-7-5-9-13-11/h5,7,9H,3-4,6,8,10H2,1-2H3. The Balaban J connectivity index is 2.35. The van der Waals surface area contributed by atoms with E-state index in [0.29, 0.717) is 19.4 Å². The van der Waals surface area contributed by atoms with Crippen LogP contribution in [0.3, 0.4) is 0 Å². The van der Waals surface area contributed by atoms with Gasteiger partial charge < -0.3 is 13.5 Å². The zero-order valence-electron chi connectivity index (χ0n) is 9.85. The average Bonchev–Trinajstić information content (AvgIpc) is 2.71. The van der Waals surface area contributed by atoms with E-state index < -0.39 is 7.60 Å². The molecule has 0 aliphatic heterocycles. The summed E-state index contributed by atoms with van der Waals surface area (Å²) in [5.41, 5.74) is 0. The summed E-state index contributed by atoms with van der Waals surface area (Å²) in [7, 11) is -2.88. The molecule has 0 fully saturated rings. The van der Waals surface area contributed by atoms with Gasteiger partial charge in [0.25, 0.3) is 0 Å². The molecule has 0 spiro atoms. The Hall–Kier alpha value is -0.570. The molecule has 0 aromatic carbocycles. The third kappa shape index (κ3) is 4.52. The molecule has 0 saturated heterocycles. The van der Waals surface area contributed by atoms with E-state index in [1.54, 1.807) is 6.26 Å². The Morgan fingerprint density at radius 3 is 2.50 bits per heavy atom. The maximum absolute atomic E-state index is 12.1. The maximum atomic E-state index is 12.1. The summed E-state index contributed by atoms with van der Waals surface area (Å²) in [6.45, 7) is 4.46. The van der Waals surface area contributed by atoms with E-state index in [0.717, 1.165) is 18.6 Å². The monoisotopic (exact) mass is 246 g/mol. The zero-order chi connectivity index (χ0) is 11.9. The van der Waals surface area contributed by atoms with Crippen LogP contribution in [0.4, 0.5) is 0 Å². The Bertz CT molecular complexity index is 311. The highest BCUT2D eigenvalue weighted by molar-refractivity contribution is 7.53.